The summed E-state index contributed by atoms with van der Waals surface area (Å²) in [6.07, 6.45) is 2.29. The van der Waals surface area contributed by atoms with Crippen LogP contribution in [0.1, 0.15) is 32.3 Å². The van der Waals surface area contributed by atoms with Crippen molar-refractivity contribution in [2.24, 2.45) is 0 Å². The molecule has 1 saturated carbocycles. The van der Waals surface area contributed by atoms with E-state index in [4.69, 9.17) is 4.74 Å². The van der Waals surface area contributed by atoms with Crippen LogP contribution in [0.3, 0.4) is 0 Å². The van der Waals surface area contributed by atoms with Gasteiger partial charge in [-0.15, -0.1) is 0 Å². The largest absolute Gasteiger partial charge is 0.491 e. The van der Waals surface area contributed by atoms with E-state index in [-0.39, 0.29) is 11.2 Å². The first-order valence-corrected chi connectivity index (χ1v) is 6.35. The van der Waals surface area contributed by atoms with Crippen LogP contribution in [-0.4, -0.2) is 19.7 Å². The predicted octanol–water partition coefficient (Wildman–Crippen LogP) is 2.87. The molecular formula is C14H20FNO. The van der Waals surface area contributed by atoms with Crippen molar-refractivity contribution < 1.29 is 9.13 Å². The Balaban J connectivity index is 2.14. The van der Waals surface area contributed by atoms with E-state index < -0.39 is 0 Å². The van der Waals surface area contributed by atoms with E-state index in [2.05, 4.69) is 12.2 Å². The highest BCUT2D eigenvalue weighted by Gasteiger charge is 2.43. The number of hydrogen-bond donors (Lipinski definition) is 1. The molecule has 0 aliphatic heterocycles. The van der Waals surface area contributed by atoms with E-state index in [1.54, 1.807) is 12.1 Å². The first-order chi connectivity index (χ1) is 8.22. The molecule has 2 nitrogen and oxygen atoms in total. The third-order valence-electron chi connectivity index (χ3n) is 3.41. The second-order valence-electron chi connectivity index (χ2n) is 4.64. The molecule has 0 radical (unpaired) electrons. The van der Waals surface area contributed by atoms with Crippen molar-refractivity contribution in [1.82, 2.24) is 5.32 Å². The summed E-state index contributed by atoms with van der Waals surface area (Å²) in [5.41, 5.74) is 1.26. The molecule has 0 saturated heterocycles. The fourth-order valence-electron chi connectivity index (χ4n) is 2.19. The molecule has 1 aliphatic rings. The van der Waals surface area contributed by atoms with E-state index in [0.717, 1.165) is 31.5 Å². The van der Waals surface area contributed by atoms with E-state index in [1.807, 2.05) is 13.0 Å². The molecule has 1 aromatic carbocycles. The van der Waals surface area contributed by atoms with Crippen LogP contribution in [0.4, 0.5) is 4.39 Å². The SMILES string of the molecule is CCNCC1(c2ccc(OCC)c(F)c2)CC1. The molecule has 1 N–H and O–H groups in total. The van der Waals surface area contributed by atoms with Crippen LogP contribution < -0.4 is 10.1 Å². The predicted molar refractivity (Wildman–Crippen MR) is 67.0 cm³/mol. The summed E-state index contributed by atoms with van der Waals surface area (Å²) < 4.78 is 19.0. The Labute approximate surface area is 102 Å². The molecule has 0 spiro atoms. The number of halogens is 1. The highest BCUT2D eigenvalue weighted by Crippen LogP contribution is 2.48. The molecule has 1 aromatic rings. The van der Waals surface area contributed by atoms with Crippen LogP contribution in [0.15, 0.2) is 18.2 Å². The van der Waals surface area contributed by atoms with Crippen LogP contribution in [0.2, 0.25) is 0 Å². The monoisotopic (exact) mass is 237 g/mol. The molecular weight excluding hydrogens is 217 g/mol. The Morgan fingerprint density at radius 1 is 1.35 bits per heavy atom. The van der Waals surface area contributed by atoms with Gasteiger partial charge in [-0.3, -0.25) is 0 Å². The van der Waals surface area contributed by atoms with Gasteiger partial charge in [-0.2, -0.15) is 0 Å². The average Bonchev–Trinajstić information content (AvgIpc) is 3.10. The normalized spacial score (nSPS) is 16.9. The molecule has 0 unspecified atom stereocenters. The summed E-state index contributed by atoms with van der Waals surface area (Å²) in [4.78, 5) is 0. The zero-order valence-electron chi connectivity index (χ0n) is 10.6. The molecule has 0 aromatic heterocycles. The van der Waals surface area contributed by atoms with Gasteiger partial charge in [-0.25, -0.2) is 4.39 Å². The summed E-state index contributed by atoms with van der Waals surface area (Å²) in [5, 5.41) is 3.36. The van der Waals surface area contributed by atoms with Gasteiger partial charge in [0.1, 0.15) is 0 Å². The van der Waals surface area contributed by atoms with Crippen molar-refractivity contribution in [3.8, 4) is 5.75 Å². The maximum Gasteiger partial charge on any atom is 0.165 e. The van der Waals surface area contributed by atoms with Gasteiger partial charge in [0.2, 0.25) is 0 Å². The van der Waals surface area contributed by atoms with Crippen LogP contribution in [0, 0.1) is 5.82 Å². The van der Waals surface area contributed by atoms with Crippen LogP contribution in [0.5, 0.6) is 5.75 Å². The molecule has 2 rings (SSSR count). The van der Waals surface area contributed by atoms with Gasteiger partial charge in [-0.05, 0) is 44.0 Å². The lowest BCUT2D eigenvalue weighted by molar-refractivity contribution is 0.321. The zero-order valence-corrected chi connectivity index (χ0v) is 10.6. The smallest absolute Gasteiger partial charge is 0.165 e. The highest BCUT2D eigenvalue weighted by atomic mass is 19.1. The standard InChI is InChI=1S/C14H20FNO/c1-3-16-10-14(7-8-14)11-5-6-13(17-4-2)12(15)9-11/h5-6,9,16H,3-4,7-8,10H2,1-2H3. The van der Waals surface area contributed by atoms with Crippen molar-refractivity contribution >= 4 is 0 Å². The molecule has 17 heavy (non-hydrogen) atoms. The summed E-state index contributed by atoms with van der Waals surface area (Å²) in [5.74, 6) is 0.114. The number of nitrogens with one attached hydrogen (secondary N) is 1. The Bertz CT molecular complexity index is 388. The Hall–Kier alpha value is -1.09. The lowest BCUT2D eigenvalue weighted by Gasteiger charge is -2.17. The van der Waals surface area contributed by atoms with E-state index in [1.165, 1.54) is 0 Å². The highest BCUT2D eigenvalue weighted by molar-refractivity contribution is 5.37. The maximum atomic E-state index is 13.8. The summed E-state index contributed by atoms with van der Waals surface area (Å²) in [6.45, 7) is 6.35. The van der Waals surface area contributed by atoms with Gasteiger partial charge in [0.25, 0.3) is 0 Å². The average molecular weight is 237 g/mol. The van der Waals surface area contributed by atoms with Crippen LogP contribution >= 0.6 is 0 Å². The van der Waals surface area contributed by atoms with Gasteiger partial charge in [0.15, 0.2) is 11.6 Å². The summed E-state index contributed by atoms with van der Waals surface area (Å²) >= 11 is 0. The lowest BCUT2D eigenvalue weighted by Crippen LogP contribution is -2.26. The van der Waals surface area contributed by atoms with E-state index >= 15 is 0 Å². The van der Waals surface area contributed by atoms with Gasteiger partial charge in [0.05, 0.1) is 6.61 Å². The van der Waals surface area contributed by atoms with Gasteiger partial charge < -0.3 is 10.1 Å². The van der Waals surface area contributed by atoms with Crippen molar-refractivity contribution in [3.05, 3.63) is 29.6 Å². The molecule has 1 aliphatic carbocycles. The van der Waals surface area contributed by atoms with Crippen molar-refractivity contribution in [2.75, 3.05) is 19.7 Å². The summed E-state index contributed by atoms with van der Waals surface area (Å²) in [6, 6.07) is 5.38. The lowest BCUT2D eigenvalue weighted by atomic mass is 9.95. The number of ether oxygens (including phenoxy) is 1. The quantitative estimate of drug-likeness (QED) is 0.821. The molecule has 0 atom stereocenters. The van der Waals surface area contributed by atoms with Gasteiger partial charge in [-0.1, -0.05) is 13.0 Å². The molecule has 0 amide bonds. The number of rotatable bonds is 6. The minimum Gasteiger partial charge on any atom is -0.491 e. The first kappa shape index (κ1) is 12.4. The van der Waals surface area contributed by atoms with E-state index in [9.17, 15) is 4.39 Å². The van der Waals surface area contributed by atoms with Crippen molar-refractivity contribution in [3.63, 3.8) is 0 Å². The maximum absolute atomic E-state index is 13.8. The zero-order chi connectivity index (χ0) is 12.3. The first-order valence-electron chi connectivity index (χ1n) is 6.35. The summed E-state index contributed by atoms with van der Waals surface area (Å²) in [7, 11) is 0. The fraction of sp³-hybridized carbons (Fsp3) is 0.571. The number of likely N-dealkylation sites (N-methyl/N-ethyl adjacent to an activating group) is 1. The topological polar surface area (TPSA) is 21.3 Å². The third-order valence-corrected chi connectivity index (χ3v) is 3.41. The molecule has 0 bridgehead atoms. The second-order valence-corrected chi connectivity index (χ2v) is 4.64. The molecule has 94 valence electrons. The molecule has 3 heteroatoms. The Morgan fingerprint density at radius 3 is 2.65 bits per heavy atom. The number of benzene rings is 1. The minimum absolute atomic E-state index is 0.168. The van der Waals surface area contributed by atoms with E-state index in [0.29, 0.717) is 12.4 Å². The van der Waals surface area contributed by atoms with Crippen LogP contribution in [-0.2, 0) is 5.41 Å². The second kappa shape index (κ2) is 5.05. The van der Waals surface area contributed by atoms with Gasteiger partial charge >= 0.3 is 0 Å². The minimum atomic E-state index is -0.243. The molecule has 0 heterocycles. The third kappa shape index (κ3) is 2.60. The van der Waals surface area contributed by atoms with Crippen molar-refractivity contribution in [2.45, 2.75) is 32.1 Å². The number of hydrogen-bond acceptors (Lipinski definition) is 2. The Morgan fingerprint density at radius 2 is 2.12 bits per heavy atom. The molecule has 1 fully saturated rings. The fourth-order valence-corrected chi connectivity index (χ4v) is 2.19. The van der Waals surface area contributed by atoms with Gasteiger partial charge in [0, 0.05) is 12.0 Å². The van der Waals surface area contributed by atoms with Crippen LogP contribution in [0.25, 0.3) is 0 Å². The Kier molecular flexibility index (Phi) is 3.67. The van der Waals surface area contributed by atoms with Crippen molar-refractivity contribution in [1.29, 1.82) is 0 Å².